The fourth-order valence-electron chi connectivity index (χ4n) is 5.65. The fourth-order valence-corrected chi connectivity index (χ4v) is 5.65. The van der Waals surface area contributed by atoms with Crippen LogP contribution in [0.5, 0.6) is 11.5 Å². The van der Waals surface area contributed by atoms with Crippen molar-refractivity contribution >= 4 is 17.7 Å². The molecule has 240 valence electrons. The second-order valence-corrected chi connectivity index (χ2v) is 12.3. The molecule has 1 aromatic carbocycles. The van der Waals surface area contributed by atoms with Gasteiger partial charge in [0, 0.05) is 50.9 Å². The maximum absolute atomic E-state index is 13.3. The van der Waals surface area contributed by atoms with E-state index in [2.05, 4.69) is 11.9 Å². The van der Waals surface area contributed by atoms with Gasteiger partial charge in [0.1, 0.15) is 35.1 Å². The van der Waals surface area contributed by atoms with E-state index >= 15 is 0 Å². The van der Waals surface area contributed by atoms with Crippen LogP contribution in [-0.2, 0) is 35.0 Å². The molecule has 1 amide bonds. The zero-order valence-electron chi connectivity index (χ0n) is 25.9. The van der Waals surface area contributed by atoms with E-state index in [4.69, 9.17) is 18.9 Å². The number of Topliss-reactive ketones (excluding diaryl/α,β-unsaturated/α-hetero) is 1. The first-order valence-electron chi connectivity index (χ1n) is 14.3. The number of carbonyl (C=O) groups is 3. The Bertz CT molecular complexity index is 1230. The van der Waals surface area contributed by atoms with Crippen molar-refractivity contribution in [2.24, 2.45) is 11.3 Å². The van der Waals surface area contributed by atoms with Crippen LogP contribution in [0.15, 0.2) is 18.2 Å². The van der Waals surface area contributed by atoms with E-state index in [1.807, 2.05) is 0 Å². The van der Waals surface area contributed by atoms with Gasteiger partial charge in [-0.05, 0) is 31.4 Å². The Morgan fingerprint density at radius 2 is 1.79 bits per heavy atom. The third kappa shape index (κ3) is 7.38. The minimum Gasteiger partial charge on any atom is -0.508 e. The standard InChI is InChI=1S/C31H45NO11/c1-14(2)9-22(40-7)27(37)28(38)32-29(41-8)23-13-24(36)31(5,6)25(42-23)12-19(34)16(4)21-10-17-15(3)18(33)11-20(35)26(17)30(39)43-21/h11,16,19,21-23,25,27,29,33-35,37H,1,9-10,12-13H2,2-8H3,(H,32,38)/t16-,19+,21-,22+,23+,25-,27+,29+/m1/s1. The first kappa shape index (κ1) is 34.5. The summed E-state index contributed by atoms with van der Waals surface area (Å²) in [5.74, 6) is -2.82. The van der Waals surface area contributed by atoms with Crippen molar-refractivity contribution in [3.8, 4) is 11.5 Å². The molecule has 0 bridgehead atoms. The number of esters is 1. The van der Waals surface area contributed by atoms with Crippen LogP contribution in [-0.4, -0.2) is 95.2 Å². The summed E-state index contributed by atoms with van der Waals surface area (Å²) >= 11 is 0. The van der Waals surface area contributed by atoms with Crippen molar-refractivity contribution in [3.05, 3.63) is 34.9 Å². The third-order valence-corrected chi connectivity index (χ3v) is 8.78. The van der Waals surface area contributed by atoms with Gasteiger partial charge in [0.2, 0.25) is 0 Å². The number of aliphatic hydroxyl groups excluding tert-OH is 2. The van der Waals surface area contributed by atoms with Gasteiger partial charge in [-0.1, -0.05) is 26.3 Å². The van der Waals surface area contributed by atoms with E-state index in [0.717, 1.165) is 11.6 Å². The van der Waals surface area contributed by atoms with Gasteiger partial charge in [0.05, 0.1) is 18.3 Å². The van der Waals surface area contributed by atoms with E-state index in [1.54, 1.807) is 34.6 Å². The summed E-state index contributed by atoms with van der Waals surface area (Å²) in [7, 11) is 2.72. The maximum Gasteiger partial charge on any atom is 0.342 e. The number of ketones is 1. The number of aliphatic hydroxyl groups is 2. The zero-order valence-corrected chi connectivity index (χ0v) is 25.9. The van der Waals surface area contributed by atoms with Crippen LogP contribution in [0.2, 0.25) is 0 Å². The fraction of sp³-hybridized carbons (Fsp3) is 0.645. The molecule has 2 aliphatic rings. The average molecular weight is 608 g/mol. The van der Waals surface area contributed by atoms with E-state index in [-0.39, 0.29) is 48.5 Å². The largest absolute Gasteiger partial charge is 0.508 e. The molecule has 0 aliphatic carbocycles. The minimum atomic E-state index is -1.52. The summed E-state index contributed by atoms with van der Waals surface area (Å²) in [5, 5.41) is 44.8. The molecule has 3 rings (SSSR count). The topological polar surface area (TPSA) is 181 Å². The Morgan fingerprint density at radius 3 is 2.37 bits per heavy atom. The molecule has 2 heterocycles. The van der Waals surface area contributed by atoms with Crippen molar-refractivity contribution in [2.45, 2.75) is 103 Å². The lowest BCUT2D eigenvalue weighted by Gasteiger charge is -2.44. The van der Waals surface area contributed by atoms with Gasteiger partial charge in [-0.2, -0.15) is 0 Å². The summed E-state index contributed by atoms with van der Waals surface area (Å²) < 4.78 is 22.5. The van der Waals surface area contributed by atoms with E-state index < -0.39 is 66.1 Å². The molecule has 8 atom stereocenters. The van der Waals surface area contributed by atoms with Crippen LogP contribution in [0.1, 0.15) is 68.4 Å². The van der Waals surface area contributed by atoms with Crippen molar-refractivity contribution in [1.82, 2.24) is 5.32 Å². The molecule has 0 radical (unpaired) electrons. The molecular formula is C31H45NO11. The zero-order chi connectivity index (χ0) is 32.4. The van der Waals surface area contributed by atoms with Crippen LogP contribution >= 0.6 is 0 Å². The number of methoxy groups -OCH3 is 2. The second-order valence-electron chi connectivity index (χ2n) is 12.3. The van der Waals surface area contributed by atoms with Crippen molar-refractivity contribution in [2.75, 3.05) is 14.2 Å². The monoisotopic (exact) mass is 607 g/mol. The first-order valence-corrected chi connectivity index (χ1v) is 14.3. The van der Waals surface area contributed by atoms with Gasteiger partial charge in [-0.3, -0.25) is 9.59 Å². The minimum absolute atomic E-state index is 0.00104. The summed E-state index contributed by atoms with van der Waals surface area (Å²) in [6.07, 6.45) is -6.65. The number of phenols is 2. The number of nitrogens with one attached hydrogen (secondary N) is 1. The Hall–Kier alpha value is -3.03. The van der Waals surface area contributed by atoms with Gasteiger partial charge in [-0.15, -0.1) is 6.58 Å². The molecule has 5 N–H and O–H groups in total. The lowest BCUT2D eigenvalue weighted by Crippen LogP contribution is -2.58. The smallest absolute Gasteiger partial charge is 0.342 e. The Balaban J connectivity index is 1.74. The summed E-state index contributed by atoms with van der Waals surface area (Å²) in [6, 6.07) is 1.10. The molecule has 43 heavy (non-hydrogen) atoms. The highest BCUT2D eigenvalue weighted by molar-refractivity contribution is 5.96. The van der Waals surface area contributed by atoms with Crippen LogP contribution < -0.4 is 5.32 Å². The van der Waals surface area contributed by atoms with Crippen LogP contribution in [0.25, 0.3) is 0 Å². The average Bonchev–Trinajstić information content (AvgIpc) is 2.94. The predicted molar refractivity (Wildman–Crippen MR) is 154 cm³/mol. The number of amides is 1. The number of aromatic hydroxyl groups is 2. The highest BCUT2D eigenvalue weighted by Gasteiger charge is 2.48. The van der Waals surface area contributed by atoms with Crippen LogP contribution in [0.4, 0.5) is 0 Å². The molecule has 0 saturated carbocycles. The molecule has 0 aromatic heterocycles. The van der Waals surface area contributed by atoms with Gasteiger partial charge < -0.3 is 44.7 Å². The Labute approximate surface area is 252 Å². The maximum atomic E-state index is 13.3. The highest BCUT2D eigenvalue weighted by atomic mass is 16.6. The Morgan fingerprint density at radius 1 is 1.14 bits per heavy atom. The number of ether oxygens (including phenoxy) is 4. The molecule has 0 spiro atoms. The summed E-state index contributed by atoms with van der Waals surface area (Å²) in [5.41, 5.74) is 0.607. The van der Waals surface area contributed by atoms with Gasteiger partial charge in [0.15, 0.2) is 12.3 Å². The number of hydrogen-bond donors (Lipinski definition) is 5. The van der Waals surface area contributed by atoms with Crippen LogP contribution in [0.3, 0.4) is 0 Å². The number of phenolic OH excluding ortho intramolecular Hbond substituents is 2. The van der Waals surface area contributed by atoms with Gasteiger partial charge in [-0.25, -0.2) is 4.79 Å². The van der Waals surface area contributed by atoms with Crippen molar-refractivity contribution in [3.63, 3.8) is 0 Å². The number of hydrogen-bond acceptors (Lipinski definition) is 11. The summed E-state index contributed by atoms with van der Waals surface area (Å²) in [6.45, 7) is 12.3. The molecule has 12 nitrogen and oxygen atoms in total. The lowest BCUT2D eigenvalue weighted by atomic mass is 9.74. The SMILES string of the molecule is C=C(C)C[C@H](OC)[C@H](O)C(=O)N[C@@H](OC)[C@@H]1CC(=O)C(C)(C)[C@@H](C[C@H](O)[C@@H](C)[C@H]2Cc3c(C)c(O)cc(O)c3C(=O)O2)O1. The molecule has 2 aliphatic heterocycles. The molecule has 1 fully saturated rings. The van der Waals surface area contributed by atoms with E-state index in [0.29, 0.717) is 11.1 Å². The second kappa shape index (κ2) is 13.7. The normalized spacial score (nSPS) is 25.1. The highest BCUT2D eigenvalue weighted by Crippen LogP contribution is 2.40. The number of rotatable bonds is 12. The molecule has 0 unspecified atom stereocenters. The molecule has 1 aromatic rings. The van der Waals surface area contributed by atoms with Gasteiger partial charge in [0.25, 0.3) is 5.91 Å². The molecular weight excluding hydrogens is 562 g/mol. The quantitative estimate of drug-likeness (QED) is 0.133. The number of cyclic esters (lactones) is 1. The number of carbonyl (C=O) groups excluding carboxylic acids is 3. The number of benzene rings is 1. The van der Waals surface area contributed by atoms with E-state index in [1.165, 1.54) is 14.2 Å². The first-order chi connectivity index (χ1) is 20.0. The molecule has 12 heteroatoms. The van der Waals surface area contributed by atoms with Crippen LogP contribution in [0, 0.1) is 18.3 Å². The predicted octanol–water partition coefficient (Wildman–Crippen LogP) is 2.06. The van der Waals surface area contributed by atoms with E-state index in [9.17, 15) is 34.8 Å². The summed E-state index contributed by atoms with van der Waals surface area (Å²) in [4.78, 5) is 38.9. The van der Waals surface area contributed by atoms with Crippen molar-refractivity contribution in [1.29, 1.82) is 0 Å². The number of fused-ring (bicyclic) bond motifs is 1. The lowest BCUT2D eigenvalue weighted by molar-refractivity contribution is -0.188. The van der Waals surface area contributed by atoms with Gasteiger partial charge >= 0.3 is 5.97 Å². The Kier molecular flexibility index (Phi) is 11.0. The van der Waals surface area contributed by atoms with Crippen molar-refractivity contribution < 1.29 is 53.8 Å². The third-order valence-electron chi connectivity index (χ3n) is 8.78. The molecule has 1 saturated heterocycles.